The van der Waals surface area contributed by atoms with Crippen molar-refractivity contribution < 1.29 is 8.42 Å². The zero-order valence-corrected chi connectivity index (χ0v) is 16.4. The zero-order chi connectivity index (χ0) is 18.3. The summed E-state index contributed by atoms with van der Waals surface area (Å²) in [4.78, 5) is 17.0. The summed E-state index contributed by atoms with van der Waals surface area (Å²) in [7, 11) is -3.03. The van der Waals surface area contributed by atoms with E-state index in [1.165, 1.54) is 11.1 Å². The van der Waals surface area contributed by atoms with Crippen LogP contribution in [0, 0.1) is 6.92 Å². The highest BCUT2D eigenvalue weighted by Gasteiger charge is 2.33. The molecule has 0 saturated carbocycles. The topological polar surface area (TPSA) is 69.0 Å². The number of rotatable bonds is 4. The normalized spacial score (nSPS) is 21.0. The van der Waals surface area contributed by atoms with E-state index in [4.69, 9.17) is 0 Å². The summed E-state index contributed by atoms with van der Waals surface area (Å²) in [6, 6.07) is 8.14. The van der Waals surface area contributed by atoms with Gasteiger partial charge < -0.3 is 0 Å². The molecular formula is C19H22N2O3S2. The van der Waals surface area contributed by atoms with E-state index in [1.54, 1.807) is 16.3 Å². The van der Waals surface area contributed by atoms with Crippen molar-refractivity contribution in [2.24, 2.45) is 0 Å². The van der Waals surface area contributed by atoms with Gasteiger partial charge in [-0.05, 0) is 38.2 Å². The van der Waals surface area contributed by atoms with Crippen LogP contribution in [-0.2, 0) is 28.4 Å². The first-order valence-corrected chi connectivity index (χ1v) is 11.8. The fourth-order valence-corrected chi connectivity index (χ4v) is 6.59. The van der Waals surface area contributed by atoms with Gasteiger partial charge in [0.15, 0.2) is 9.84 Å². The molecule has 0 N–H and O–H groups in total. The Labute approximate surface area is 157 Å². The van der Waals surface area contributed by atoms with Crippen LogP contribution in [0.1, 0.15) is 41.3 Å². The molecule has 1 aromatic carbocycles. The van der Waals surface area contributed by atoms with Crippen molar-refractivity contribution in [3.63, 3.8) is 0 Å². The molecular weight excluding hydrogens is 368 g/mol. The van der Waals surface area contributed by atoms with E-state index < -0.39 is 9.84 Å². The van der Waals surface area contributed by atoms with Gasteiger partial charge in [-0.25, -0.2) is 13.2 Å². The highest BCUT2D eigenvalue weighted by molar-refractivity contribution is 7.98. The van der Waals surface area contributed by atoms with Crippen LogP contribution in [0.25, 0.3) is 0 Å². The largest absolute Gasteiger partial charge is 0.349 e. The van der Waals surface area contributed by atoms with Gasteiger partial charge in [0.1, 0.15) is 5.03 Å². The maximum absolute atomic E-state index is 12.7. The lowest BCUT2D eigenvalue weighted by atomic mass is 10.2. The van der Waals surface area contributed by atoms with E-state index in [0.717, 1.165) is 41.3 Å². The van der Waals surface area contributed by atoms with Crippen LogP contribution in [-0.4, -0.2) is 29.5 Å². The SMILES string of the molecule is Cc1ccc(CSc2nc(=O)n([C@H]3CCS(=O)(=O)C3)c3c2CCC3)cc1. The van der Waals surface area contributed by atoms with E-state index >= 15 is 0 Å². The number of nitrogens with zero attached hydrogens (tertiary/aromatic N) is 2. The molecule has 4 rings (SSSR count). The van der Waals surface area contributed by atoms with E-state index in [-0.39, 0.29) is 23.2 Å². The predicted octanol–water partition coefficient (Wildman–Crippen LogP) is 2.69. The minimum Gasteiger partial charge on any atom is -0.292 e. The van der Waals surface area contributed by atoms with Crippen molar-refractivity contribution >= 4 is 21.6 Å². The lowest BCUT2D eigenvalue weighted by Gasteiger charge is -2.18. The number of hydrogen-bond acceptors (Lipinski definition) is 5. The summed E-state index contributed by atoms with van der Waals surface area (Å²) < 4.78 is 25.4. The highest BCUT2D eigenvalue weighted by Crippen LogP contribution is 2.34. The Hall–Kier alpha value is -1.60. The Morgan fingerprint density at radius 3 is 2.69 bits per heavy atom. The zero-order valence-electron chi connectivity index (χ0n) is 14.8. The fraction of sp³-hybridized carbons (Fsp3) is 0.474. The molecule has 2 aliphatic rings. The summed E-state index contributed by atoms with van der Waals surface area (Å²) in [6.07, 6.45) is 3.27. The molecule has 1 aliphatic heterocycles. The third-order valence-corrected chi connectivity index (χ3v) is 8.05. The average Bonchev–Trinajstić information content (AvgIpc) is 3.20. The number of hydrogen-bond donors (Lipinski definition) is 0. The van der Waals surface area contributed by atoms with Crippen molar-refractivity contribution in [1.29, 1.82) is 0 Å². The van der Waals surface area contributed by atoms with Crippen molar-refractivity contribution in [1.82, 2.24) is 9.55 Å². The van der Waals surface area contributed by atoms with Gasteiger partial charge in [-0.3, -0.25) is 4.57 Å². The first kappa shape index (κ1) is 17.8. The van der Waals surface area contributed by atoms with Crippen LogP contribution in [0.3, 0.4) is 0 Å². The summed E-state index contributed by atoms with van der Waals surface area (Å²) in [5.41, 5.74) is 4.30. The monoisotopic (exact) mass is 390 g/mol. The van der Waals surface area contributed by atoms with Crippen LogP contribution in [0.2, 0.25) is 0 Å². The van der Waals surface area contributed by atoms with Gasteiger partial charge in [0.2, 0.25) is 0 Å². The van der Waals surface area contributed by atoms with Gasteiger partial charge in [0.05, 0.1) is 17.5 Å². The van der Waals surface area contributed by atoms with Crippen molar-refractivity contribution in [2.75, 3.05) is 11.5 Å². The Morgan fingerprint density at radius 2 is 2.00 bits per heavy atom. The lowest BCUT2D eigenvalue weighted by Crippen LogP contribution is -2.31. The third-order valence-electron chi connectivity index (χ3n) is 5.21. The second kappa shape index (κ2) is 6.85. The molecule has 0 bridgehead atoms. The van der Waals surface area contributed by atoms with Crippen LogP contribution in [0.4, 0.5) is 0 Å². The molecule has 138 valence electrons. The molecule has 7 heteroatoms. The Balaban J connectivity index is 1.64. The second-order valence-corrected chi connectivity index (χ2v) is 10.4. The lowest BCUT2D eigenvalue weighted by molar-refractivity contribution is 0.502. The van der Waals surface area contributed by atoms with Crippen LogP contribution in [0.5, 0.6) is 0 Å². The standard InChI is InChI=1S/C19H22N2O3S2/c1-13-5-7-14(8-6-13)11-25-18-16-3-2-4-17(16)21(19(22)20-18)15-9-10-26(23,24)12-15/h5-8,15H,2-4,9-12H2,1H3/t15-/m0/s1. The fourth-order valence-electron chi connectivity index (χ4n) is 3.86. The minimum absolute atomic E-state index is 0.0664. The number of sulfone groups is 1. The molecule has 0 spiro atoms. The number of aryl methyl sites for hydroxylation is 1. The van der Waals surface area contributed by atoms with Gasteiger partial charge in [0.25, 0.3) is 0 Å². The third kappa shape index (κ3) is 3.47. The van der Waals surface area contributed by atoms with Gasteiger partial charge in [-0.15, -0.1) is 11.8 Å². The van der Waals surface area contributed by atoms with Gasteiger partial charge in [0, 0.05) is 17.0 Å². The predicted molar refractivity (Wildman–Crippen MR) is 104 cm³/mol. The van der Waals surface area contributed by atoms with Crippen molar-refractivity contribution in [3.8, 4) is 0 Å². The molecule has 1 atom stereocenters. The van der Waals surface area contributed by atoms with Crippen LogP contribution < -0.4 is 5.69 Å². The molecule has 0 radical (unpaired) electrons. The number of thioether (sulfide) groups is 1. The number of fused-ring (bicyclic) bond motifs is 1. The summed E-state index contributed by atoms with van der Waals surface area (Å²) in [5.74, 6) is 1.01. The van der Waals surface area contributed by atoms with E-state index in [0.29, 0.717) is 6.42 Å². The summed E-state index contributed by atoms with van der Waals surface area (Å²) in [6.45, 7) is 2.06. The average molecular weight is 391 g/mol. The van der Waals surface area contributed by atoms with Gasteiger partial charge in [-0.2, -0.15) is 4.98 Å². The summed E-state index contributed by atoms with van der Waals surface area (Å²) in [5, 5.41) is 0.820. The van der Waals surface area contributed by atoms with Gasteiger partial charge in [-0.1, -0.05) is 29.8 Å². The van der Waals surface area contributed by atoms with Crippen LogP contribution >= 0.6 is 11.8 Å². The molecule has 1 aliphatic carbocycles. The molecule has 2 heterocycles. The maximum Gasteiger partial charge on any atom is 0.349 e. The van der Waals surface area contributed by atoms with E-state index in [2.05, 4.69) is 36.2 Å². The summed E-state index contributed by atoms with van der Waals surface area (Å²) >= 11 is 1.61. The van der Waals surface area contributed by atoms with Crippen molar-refractivity contribution in [2.45, 2.75) is 49.4 Å². The highest BCUT2D eigenvalue weighted by atomic mass is 32.2. The minimum atomic E-state index is -3.03. The van der Waals surface area contributed by atoms with Gasteiger partial charge >= 0.3 is 5.69 Å². The second-order valence-electron chi connectivity index (χ2n) is 7.18. The Morgan fingerprint density at radius 1 is 1.23 bits per heavy atom. The first-order valence-electron chi connectivity index (χ1n) is 8.96. The Bertz CT molecular complexity index is 995. The molecule has 5 nitrogen and oxygen atoms in total. The molecule has 0 amide bonds. The molecule has 1 fully saturated rings. The Kier molecular flexibility index (Phi) is 4.69. The van der Waals surface area contributed by atoms with E-state index in [1.807, 2.05) is 0 Å². The number of benzene rings is 1. The number of aromatic nitrogens is 2. The van der Waals surface area contributed by atoms with Crippen LogP contribution in [0.15, 0.2) is 34.1 Å². The molecule has 2 aromatic rings. The first-order chi connectivity index (χ1) is 12.4. The quantitative estimate of drug-likeness (QED) is 0.593. The molecule has 0 unspecified atom stereocenters. The smallest absolute Gasteiger partial charge is 0.292 e. The molecule has 1 aromatic heterocycles. The molecule has 1 saturated heterocycles. The maximum atomic E-state index is 12.7. The van der Waals surface area contributed by atoms with Crippen molar-refractivity contribution in [3.05, 3.63) is 57.1 Å². The molecule has 26 heavy (non-hydrogen) atoms. The van der Waals surface area contributed by atoms with E-state index in [9.17, 15) is 13.2 Å².